The fourth-order valence-corrected chi connectivity index (χ4v) is 4.05. The van der Waals surface area contributed by atoms with Crippen LogP contribution in [0.2, 0.25) is 0 Å². The molecule has 0 spiro atoms. The zero-order valence-corrected chi connectivity index (χ0v) is 22.0. The monoisotopic (exact) mass is 467 g/mol. The van der Waals surface area contributed by atoms with E-state index in [0.29, 0.717) is 5.75 Å². The molecule has 30 heavy (non-hydrogen) atoms. The number of carbonyl (C=O) groups excluding carboxylic acids is 1. The highest BCUT2D eigenvalue weighted by molar-refractivity contribution is 8.00. The number of ether oxygens (including phenoxy) is 1. The van der Waals surface area contributed by atoms with Crippen LogP contribution in [0.25, 0.3) is 0 Å². The summed E-state index contributed by atoms with van der Waals surface area (Å²) < 4.78 is 28.1. The average Bonchev–Trinajstić information content (AvgIpc) is 2.56. The summed E-state index contributed by atoms with van der Waals surface area (Å²) in [6.45, 7) is 22.5. The van der Waals surface area contributed by atoms with Gasteiger partial charge in [0.1, 0.15) is 4.93 Å². The molecule has 0 aliphatic carbocycles. The van der Waals surface area contributed by atoms with E-state index < -0.39 is 25.4 Å². The van der Waals surface area contributed by atoms with Gasteiger partial charge in [0, 0.05) is 18.5 Å². The third-order valence-electron chi connectivity index (χ3n) is 5.43. The maximum Gasteiger partial charge on any atom is 0.409 e. The van der Waals surface area contributed by atoms with Crippen LogP contribution in [0.3, 0.4) is 0 Å². The van der Waals surface area contributed by atoms with E-state index in [1.54, 1.807) is 6.92 Å². The summed E-state index contributed by atoms with van der Waals surface area (Å²) in [5.74, 6) is 0.684. The van der Waals surface area contributed by atoms with E-state index in [2.05, 4.69) is 11.9 Å². The first kappa shape index (κ1) is 29.5. The van der Waals surface area contributed by atoms with E-state index in [1.165, 1.54) is 18.4 Å². The van der Waals surface area contributed by atoms with Gasteiger partial charge in [0.25, 0.3) is 0 Å². The average molecular weight is 468 g/mol. The van der Waals surface area contributed by atoms with Crippen LogP contribution < -0.4 is 5.32 Å². The predicted octanol–water partition coefficient (Wildman–Crippen LogP) is 5.64. The minimum Gasteiger partial charge on any atom is -0.422 e. The summed E-state index contributed by atoms with van der Waals surface area (Å²) in [4.78, 5) is 11.0. The summed E-state index contributed by atoms with van der Waals surface area (Å²) in [7, 11) is -3.37. The number of hydrogen-bond donors (Lipinski definition) is 2. The third kappa shape index (κ3) is 10.7. The van der Waals surface area contributed by atoms with Gasteiger partial charge in [-0.2, -0.15) is 0 Å². The molecule has 9 heteroatoms. The Balaban J connectivity index is 4.37. The lowest BCUT2D eigenvalue weighted by Crippen LogP contribution is -2.40. The Morgan fingerprint density at radius 1 is 1.17 bits per heavy atom. The lowest BCUT2D eigenvalue weighted by atomic mass is 9.77. The predicted molar refractivity (Wildman–Crippen MR) is 125 cm³/mol. The maximum atomic E-state index is 12.5. The molecule has 2 N–H and O–H groups in total. The van der Waals surface area contributed by atoms with Gasteiger partial charge < -0.3 is 19.7 Å². The summed E-state index contributed by atoms with van der Waals surface area (Å²) >= 11 is 1.36. The standard InChI is InChI=1S/C21H42NO6PS/c1-15(2)17(4)20(8,9)13-27-29(11,25)28-14-26-18(23)22-16(3)12-30-21(10,24)19(5,6)7/h16-17,24H,1,12-14H2,2-11H3,(H,22,23)/t16-,17+,21?,29?/m1/s1. The van der Waals surface area contributed by atoms with Gasteiger partial charge in [0.05, 0.1) is 6.61 Å². The van der Waals surface area contributed by atoms with Crippen molar-refractivity contribution < 1.29 is 28.3 Å². The first-order chi connectivity index (χ1) is 13.3. The first-order valence-corrected chi connectivity index (χ1v) is 13.1. The quantitative estimate of drug-likeness (QED) is 0.218. The molecular weight excluding hydrogens is 425 g/mol. The minimum absolute atomic E-state index is 0.179. The normalized spacial score (nSPS) is 18.6. The number of allylic oxidation sites excluding steroid dienone is 1. The van der Waals surface area contributed by atoms with E-state index in [1.807, 2.05) is 55.4 Å². The third-order valence-corrected chi connectivity index (χ3v) is 8.44. The summed E-state index contributed by atoms with van der Waals surface area (Å²) in [6, 6.07) is -0.231. The Morgan fingerprint density at radius 3 is 2.17 bits per heavy atom. The minimum atomic E-state index is -3.37. The van der Waals surface area contributed by atoms with E-state index in [4.69, 9.17) is 13.8 Å². The van der Waals surface area contributed by atoms with Crippen molar-refractivity contribution in [3.05, 3.63) is 12.2 Å². The van der Waals surface area contributed by atoms with Crippen molar-refractivity contribution in [1.29, 1.82) is 0 Å². The van der Waals surface area contributed by atoms with E-state index in [0.717, 1.165) is 5.57 Å². The molecule has 4 atom stereocenters. The molecule has 178 valence electrons. The van der Waals surface area contributed by atoms with Gasteiger partial charge in [-0.15, -0.1) is 11.8 Å². The van der Waals surface area contributed by atoms with Crippen LogP contribution in [-0.4, -0.2) is 48.0 Å². The number of amides is 1. The van der Waals surface area contributed by atoms with E-state index in [-0.39, 0.29) is 29.4 Å². The number of nitrogens with one attached hydrogen (secondary N) is 1. The van der Waals surface area contributed by atoms with E-state index in [9.17, 15) is 14.5 Å². The van der Waals surface area contributed by atoms with Crippen LogP contribution in [0.4, 0.5) is 4.79 Å². The summed E-state index contributed by atoms with van der Waals surface area (Å²) in [6.07, 6.45) is -0.685. The fourth-order valence-electron chi connectivity index (χ4n) is 2.08. The molecule has 0 aromatic rings. The van der Waals surface area contributed by atoms with Crippen LogP contribution in [-0.2, 0) is 18.3 Å². The van der Waals surface area contributed by atoms with Crippen LogP contribution in [0.5, 0.6) is 0 Å². The SMILES string of the molecule is C=C(C)[C@H](C)C(C)(C)COP(C)(=O)OCOC(=O)N[C@H](C)CSC(C)(O)C(C)(C)C. The second-order valence-corrected chi connectivity index (χ2v) is 13.3. The molecule has 0 saturated heterocycles. The number of carbonyl (C=O) groups is 1. The summed E-state index contributed by atoms with van der Waals surface area (Å²) in [5, 5.41) is 13.1. The molecule has 0 rings (SSSR count). The van der Waals surface area contributed by atoms with Crippen molar-refractivity contribution in [3.63, 3.8) is 0 Å². The Kier molecular flexibility index (Phi) is 11.2. The highest BCUT2D eigenvalue weighted by Crippen LogP contribution is 2.46. The highest BCUT2D eigenvalue weighted by Gasteiger charge is 2.36. The van der Waals surface area contributed by atoms with Gasteiger partial charge in [-0.1, -0.05) is 53.7 Å². The van der Waals surface area contributed by atoms with Gasteiger partial charge in [0.15, 0.2) is 0 Å². The second kappa shape index (κ2) is 11.4. The number of thioether (sulfide) groups is 1. The van der Waals surface area contributed by atoms with Crippen LogP contribution >= 0.6 is 19.4 Å². The molecule has 0 aromatic heterocycles. The molecule has 0 aliphatic heterocycles. The van der Waals surface area contributed by atoms with Crippen molar-refractivity contribution in [2.24, 2.45) is 16.7 Å². The van der Waals surface area contributed by atoms with Crippen molar-refractivity contribution in [1.82, 2.24) is 5.32 Å². The number of hydrogen-bond acceptors (Lipinski definition) is 7. The Hall–Kier alpha value is -0.530. The lowest BCUT2D eigenvalue weighted by Gasteiger charge is -2.37. The molecule has 2 unspecified atom stereocenters. The largest absolute Gasteiger partial charge is 0.422 e. The first-order valence-electron chi connectivity index (χ1n) is 10.1. The molecular formula is C21H42NO6PS. The Labute approximate surface area is 187 Å². The zero-order chi connectivity index (χ0) is 24.0. The number of aliphatic hydroxyl groups is 1. The molecule has 0 aliphatic rings. The van der Waals surface area contributed by atoms with Gasteiger partial charge in [-0.3, -0.25) is 9.09 Å². The van der Waals surface area contributed by atoms with E-state index >= 15 is 0 Å². The zero-order valence-electron chi connectivity index (χ0n) is 20.3. The van der Waals surface area contributed by atoms with Gasteiger partial charge in [0.2, 0.25) is 6.79 Å². The molecule has 0 fully saturated rings. The van der Waals surface area contributed by atoms with Crippen LogP contribution in [0.15, 0.2) is 12.2 Å². The molecule has 7 nitrogen and oxygen atoms in total. The summed E-state index contributed by atoms with van der Waals surface area (Å²) in [5.41, 5.74) is 0.456. The van der Waals surface area contributed by atoms with Crippen LogP contribution in [0, 0.1) is 16.7 Å². The maximum absolute atomic E-state index is 12.5. The van der Waals surface area contributed by atoms with Crippen molar-refractivity contribution in [2.45, 2.75) is 73.3 Å². The van der Waals surface area contributed by atoms with Crippen molar-refractivity contribution in [2.75, 3.05) is 25.8 Å². The topological polar surface area (TPSA) is 94.1 Å². The molecule has 0 bridgehead atoms. The molecule has 0 aromatic carbocycles. The number of rotatable bonds is 12. The smallest absolute Gasteiger partial charge is 0.409 e. The molecule has 0 heterocycles. The molecule has 0 saturated carbocycles. The van der Waals surface area contributed by atoms with Crippen molar-refractivity contribution in [3.8, 4) is 0 Å². The Bertz CT molecular complexity index is 629. The van der Waals surface area contributed by atoms with Gasteiger partial charge >= 0.3 is 13.7 Å². The highest BCUT2D eigenvalue weighted by atomic mass is 32.2. The van der Waals surface area contributed by atoms with Gasteiger partial charge in [-0.05, 0) is 37.5 Å². The lowest BCUT2D eigenvalue weighted by molar-refractivity contribution is 0.0379. The fraction of sp³-hybridized carbons (Fsp3) is 0.857. The molecule has 1 amide bonds. The second-order valence-electron chi connectivity index (χ2n) is 9.87. The van der Waals surface area contributed by atoms with Crippen molar-refractivity contribution >= 4 is 25.5 Å². The molecule has 0 radical (unpaired) electrons. The van der Waals surface area contributed by atoms with Crippen LogP contribution in [0.1, 0.15) is 62.3 Å². The number of alkyl carbamates (subject to hydrolysis) is 1. The van der Waals surface area contributed by atoms with Gasteiger partial charge in [-0.25, -0.2) is 4.79 Å². The Morgan fingerprint density at radius 2 is 1.70 bits per heavy atom.